The molecule has 0 aliphatic carbocycles. The molecule has 0 unspecified atom stereocenters. The highest BCUT2D eigenvalue weighted by Gasteiger charge is 2.27. The lowest BCUT2D eigenvalue weighted by Crippen LogP contribution is -2.51. The summed E-state index contributed by atoms with van der Waals surface area (Å²) in [5, 5.41) is 11.4. The maximum atomic E-state index is 10.6. The van der Waals surface area contributed by atoms with E-state index in [1.54, 1.807) is 24.3 Å². The van der Waals surface area contributed by atoms with Gasteiger partial charge in [-0.05, 0) is 19.1 Å². The van der Waals surface area contributed by atoms with Crippen molar-refractivity contribution in [2.45, 2.75) is 12.6 Å². The summed E-state index contributed by atoms with van der Waals surface area (Å²) in [4.78, 5) is 10.6. The van der Waals surface area contributed by atoms with Crippen molar-refractivity contribution in [2.75, 3.05) is 5.32 Å². The third-order valence-corrected chi connectivity index (χ3v) is 1.62. The molecule has 0 amide bonds. The van der Waals surface area contributed by atoms with Gasteiger partial charge >= 0.3 is 5.97 Å². The molecule has 1 rings (SSSR count). The number of nitrogens with one attached hydrogen (secondary N) is 1. The van der Waals surface area contributed by atoms with Gasteiger partial charge in [0, 0.05) is 5.69 Å². The van der Waals surface area contributed by atoms with Gasteiger partial charge in [-0.2, -0.15) is 0 Å². The number of aliphatic carboxylic acids is 1. The van der Waals surface area contributed by atoms with Gasteiger partial charge in [-0.1, -0.05) is 18.2 Å². The monoisotopic (exact) mass is 180 g/mol. The lowest BCUT2D eigenvalue weighted by molar-refractivity contribution is -0.141. The number of para-hydroxylation sites is 1. The Hall–Kier alpha value is -1.55. The van der Waals surface area contributed by atoms with Crippen LogP contribution in [0.2, 0.25) is 0 Å². The Morgan fingerprint density at radius 1 is 1.46 bits per heavy atom. The van der Waals surface area contributed by atoms with Crippen LogP contribution in [0.25, 0.3) is 0 Å². The Morgan fingerprint density at radius 2 is 2.00 bits per heavy atom. The fourth-order valence-electron chi connectivity index (χ4n) is 0.875. The first-order chi connectivity index (χ1) is 6.02. The summed E-state index contributed by atoms with van der Waals surface area (Å²) in [6.07, 6.45) is 0. The van der Waals surface area contributed by atoms with Crippen LogP contribution in [0.4, 0.5) is 5.69 Å². The molecule has 70 valence electrons. The zero-order valence-corrected chi connectivity index (χ0v) is 7.32. The number of carbonyl (C=O) groups is 1. The van der Waals surface area contributed by atoms with Crippen LogP contribution in [0.5, 0.6) is 0 Å². The molecule has 0 saturated carbocycles. The minimum absolute atomic E-state index is 0.690. The van der Waals surface area contributed by atoms with Gasteiger partial charge < -0.3 is 10.4 Å². The van der Waals surface area contributed by atoms with E-state index in [2.05, 4.69) is 5.32 Å². The molecule has 0 radical (unpaired) electrons. The van der Waals surface area contributed by atoms with Crippen LogP contribution in [0, 0.1) is 0 Å². The summed E-state index contributed by atoms with van der Waals surface area (Å²) in [6.45, 7) is 1.41. The fourth-order valence-corrected chi connectivity index (χ4v) is 0.875. The van der Waals surface area contributed by atoms with Gasteiger partial charge in [0.15, 0.2) is 5.66 Å². The van der Waals surface area contributed by atoms with Crippen molar-refractivity contribution in [3.63, 3.8) is 0 Å². The molecule has 0 fully saturated rings. The second-order valence-electron chi connectivity index (χ2n) is 3.00. The molecule has 0 heterocycles. The number of carboxylic acid groups (broad SMARTS) is 1. The summed E-state index contributed by atoms with van der Waals surface area (Å²) in [6, 6.07) is 8.97. The van der Waals surface area contributed by atoms with Crippen LogP contribution in [-0.4, -0.2) is 16.7 Å². The third-order valence-electron chi connectivity index (χ3n) is 1.62. The number of carboxylic acids is 1. The maximum Gasteiger partial charge on any atom is 0.344 e. The van der Waals surface area contributed by atoms with Crippen molar-refractivity contribution in [2.24, 2.45) is 5.73 Å². The number of hydrogen-bond acceptors (Lipinski definition) is 3. The van der Waals surface area contributed by atoms with E-state index < -0.39 is 11.6 Å². The molecule has 4 heteroatoms. The molecule has 0 spiro atoms. The van der Waals surface area contributed by atoms with E-state index in [-0.39, 0.29) is 0 Å². The molecule has 0 aliphatic rings. The predicted octanol–water partition coefficient (Wildman–Crippen LogP) is 0.858. The number of nitrogens with two attached hydrogens (primary N) is 1. The molecule has 0 aromatic heterocycles. The Kier molecular flexibility index (Phi) is 2.53. The first-order valence-corrected chi connectivity index (χ1v) is 3.88. The van der Waals surface area contributed by atoms with Crippen LogP contribution in [0.1, 0.15) is 6.92 Å². The van der Waals surface area contributed by atoms with Crippen LogP contribution in [-0.2, 0) is 4.79 Å². The van der Waals surface area contributed by atoms with Crippen LogP contribution < -0.4 is 11.1 Å². The van der Waals surface area contributed by atoms with Crippen LogP contribution in [0.15, 0.2) is 30.3 Å². The van der Waals surface area contributed by atoms with E-state index >= 15 is 0 Å². The zero-order chi connectivity index (χ0) is 9.90. The lowest BCUT2D eigenvalue weighted by Gasteiger charge is -2.21. The molecule has 1 aromatic rings. The van der Waals surface area contributed by atoms with Gasteiger partial charge in [0.1, 0.15) is 0 Å². The molecule has 4 N–H and O–H groups in total. The van der Waals surface area contributed by atoms with E-state index in [1.807, 2.05) is 6.07 Å². The van der Waals surface area contributed by atoms with Gasteiger partial charge in [0.25, 0.3) is 0 Å². The highest BCUT2D eigenvalue weighted by molar-refractivity contribution is 5.81. The number of anilines is 1. The van der Waals surface area contributed by atoms with Gasteiger partial charge in [0.2, 0.25) is 0 Å². The van der Waals surface area contributed by atoms with Crippen molar-refractivity contribution in [1.82, 2.24) is 0 Å². The van der Waals surface area contributed by atoms with Crippen molar-refractivity contribution in [3.8, 4) is 0 Å². The van der Waals surface area contributed by atoms with Gasteiger partial charge in [-0.25, -0.2) is 4.79 Å². The average Bonchev–Trinajstić information content (AvgIpc) is 2.05. The molecule has 1 atom stereocenters. The van der Waals surface area contributed by atoms with Crippen molar-refractivity contribution in [3.05, 3.63) is 30.3 Å². The second kappa shape index (κ2) is 3.45. The van der Waals surface area contributed by atoms with E-state index in [9.17, 15) is 4.79 Å². The first kappa shape index (κ1) is 9.54. The molecule has 0 aliphatic heterocycles. The third kappa shape index (κ3) is 2.45. The summed E-state index contributed by atoms with van der Waals surface area (Å²) < 4.78 is 0. The lowest BCUT2D eigenvalue weighted by atomic mass is 10.2. The molecule has 4 nitrogen and oxygen atoms in total. The van der Waals surface area contributed by atoms with Crippen molar-refractivity contribution < 1.29 is 9.90 Å². The maximum absolute atomic E-state index is 10.6. The average molecular weight is 180 g/mol. The molecule has 1 aromatic carbocycles. The Morgan fingerprint density at radius 3 is 2.46 bits per heavy atom. The fraction of sp³-hybridized carbons (Fsp3) is 0.222. The smallest absolute Gasteiger partial charge is 0.344 e. The van der Waals surface area contributed by atoms with Crippen LogP contribution in [0.3, 0.4) is 0 Å². The number of rotatable bonds is 3. The number of benzene rings is 1. The van der Waals surface area contributed by atoms with Crippen LogP contribution >= 0.6 is 0 Å². The van der Waals surface area contributed by atoms with Crippen molar-refractivity contribution >= 4 is 11.7 Å². The largest absolute Gasteiger partial charge is 0.479 e. The van der Waals surface area contributed by atoms with Gasteiger partial charge in [-0.3, -0.25) is 5.73 Å². The minimum atomic E-state index is -1.43. The standard InChI is InChI=1S/C9H12N2O2/c1-9(10,8(12)13)11-7-5-3-2-4-6-7/h2-6,11H,10H2,1H3,(H,12,13)/t9-/m1/s1. The van der Waals surface area contributed by atoms with E-state index in [0.29, 0.717) is 5.69 Å². The summed E-state index contributed by atoms with van der Waals surface area (Å²) >= 11 is 0. The summed E-state index contributed by atoms with van der Waals surface area (Å²) in [7, 11) is 0. The quantitative estimate of drug-likeness (QED) is 0.603. The SMILES string of the molecule is C[C@@](N)(Nc1ccccc1)C(=O)O. The topological polar surface area (TPSA) is 75.3 Å². The molecule has 13 heavy (non-hydrogen) atoms. The van der Waals surface area contributed by atoms with Crippen molar-refractivity contribution in [1.29, 1.82) is 0 Å². The highest BCUT2D eigenvalue weighted by atomic mass is 16.4. The number of hydrogen-bond donors (Lipinski definition) is 3. The molecule has 0 bridgehead atoms. The zero-order valence-electron chi connectivity index (χ0n) is 7.32. The Labute approximate surface area is 76.4 Å². The summed E-state index contributed by atoms with van der Waals surface area (Å²) in [5.74, 6) is -1.09. The van der Waals surface area contributed by atoms with E-state index in [4.69, 9.17) is 10.8 Å². The second-order valence-corrected chi connectivity index (χ2v) is 3.00. The Balaban J connectivity index is 2.75. The summed E-state index contributed by atoms with van der Waals surface area (Å²) in [5.41, 5.74) is 4.74. The molecular formula is C9H12N2O2. The predicted molar refractivity (Wildman–Crippen MR) is 50.3 cm³/mol. The molecule has 0 saturated heterocycles. The highest BCUT2D eigenvalue weighted by Crippen LogP contribution is 2.10. The Bertz CT molecular complexity index is 296. The van der Waals surface area contributed by atoms with Gasteiger partial charge in [0.05, 0.1) is 0 Å². The van der Waals surface area contributed by atoms with E-state index in [0.717, 1.165) is 0 Å². The molecular weight excluding hydrogens is 168 g/mol. The first-order valence-electron chi connectivity index (χ1n) is 3.88. The van der Waals surface area contributed by atoms with Gasteiger partial charge in [-0.15, -0.1) is 0 Å². The van der Waals surface area contributed by atoms with E-state index in [1.165, 1.54) is 6.92 Å². The normalized spacial score (nSPS) is 14.6. The minimum Gasteiger partial charge on any atom is -0.479 e.